The highest BCUT2D eigenvalue weighted by Gasteiger charge is 2.62. The first kappa shape index (κ1) is 37.3. The number of esters is 1. The Morgan fingerprint density at radius 1 is 1.14 bits per heavy atom. The molecule has 16 nitrogen and oxygen atoms in total. The third kappa shape index (κ3) is 8.18. The van der Waals surface area contributed by atoms with Crippen LogP contribution in [0.1, 0.15) is 46.5 Å². The number of rotatable bonds is 13. The maximum atomic E-state index is 14.4. The summed E-state index contributed by atoms with van der Waals surface area (Å²) in [6, 6.07) is 3.95. The quantitative estimate of drug-likeness (QED) is 0.170. The number of urea groups is 1. The molecule has 0 spiro atoms. The molecule has 2 aliphatic carbocycles. The highest BCUT2D eigenvalue weighted by atomic mass is 32.2. The smallest absolute Gasteiger partial charge is 0.325 e. The fourth-order valence-corrected chi connectivity index (χ4v) is 7.49. The minimum atomic E-state index is -3.92. The topological polar surface area (TPSA) is 211 Å². The lowest BCUT2D eigenvalue weighted by Crippen LogP contribution is -2.61. The minimum absolute atomic E-state index is 0.0198. The predicted molar refractivity (Wildman–Crippen MR) is 184 cm³/mol. The van der Waals surface area contributed by atoms with Crippen LogP contribution < -0.4 is 30.1 Å². The molecule has 3 fully saturated rings. The number of nitrogens with one attached hydrogen (secondary N) is 4. The first-order valence-corrected chi connectivity index (χ1v) is 18.1. The van der Waals surface area contributed by atoms with E-state index in [1.165, 1.54) is 18.1 Å². The molecule has 0 bridgehead atoms. The van der Waals surface area contributed by atoms with Crippen molar-refractivity contribution in [2.45, 2.75) is 75.4 Å². The number of amides is 5. The minimum Gasteiger partial charge on any atom is -0.497 e. The average Bonchev–Trinajstić information content (AvgIpc) is 4.02. The Bertz CT molecular complexity index is 1840. The Morgan fingerprint density at radius 2 is 1.86 bits per heavy atom. The van der Waals surface area contributed by atoms with Crippen LogP contribution in [0.2, 0.25) is 0 Å². The molecule has 276 valence electrons. The third-order valence-electron chi connectivity index (χ3n) is 9.32. The third-order valence-corrected chi connectivity index (χ3v) is 11.1. The van der Waals surface area contributed by atoms with Gasteiger partial charge in [-0.05, 0) is 54.3 Å². The monoisotopic (exact) mass is 728 g/mol. The molecule has 5 atom stereocenters. The fraction of sp³-hybridized carbons (Fsp3) is 0.529. The van der Waals surface area contributed by atoms with Crippen LogP contribution in [0.4, 0.5) is 4.79 Å². The van der Waals surface area contributed by atoms with Crippen molar-refractivity contribution in [2.75, 3.05) is 27.3 Å². The molecule has 3 aliphatic rings. The summed E-state index contributed by atoms with van der Waals surface area (Å²) >= 11 is 0. The summed E-state index contributed by atoms with van der Waals surface area (Å²) in [6.45, 7) is 8.38. The van der Waals surface area contributed by atoms with Crippen LogP contribution in [-0.4, -0.2) is 104 Å². The van der Waals surface area contributed by atoms with Crippen LogP contribution in [0.15, 0.2) is 43.1 Å². The number of hydrogen-bond donors (Lipinski definition) is 4. The molecule has 51 heavy (non-hydrogen) atoms. The van der Waals surface area contributed by atoms with E-state index in [2.05, 4.69) is 37.0 Å². The van der Waals surface area contributed by atoms with E-state index >= 15 is 0 Å². The van der Waals surface area contributed by atoms with Crippen molar-refractivity contribution in [3.05, 3.63) is 43.1 Å². The number of nitrogens with zero attached hydrogens (tertiary/aromatic N) is 2. The fourth-order valence-electron chi connectivity index (χ4n) is 6.12. The molecular weight excluding hydrogens is 684 g/mol. The van der Waals surface area contributed by atoms with Crippen molar-refractivity contribution in [3.63, 3.8) is 0 Å². The zero-order chi connectivity index (χ0) is 37.3. The van der Waals surface area contributed by atoms with Gasteiger partial charge in [0.1, 0.15) is 36.0 Å². The molecule has 4 N–H and O–H groups in total. The van der Waals surface area contributed by atoms with Crippen molar-refractivity contribution in [1.82, 2.24) is 30.6 Å². The van der Waals surface area contributed by atoms with E-state index in [-0.39, 0.29) is 25.3 Å². The molecule has 5 rings (SSSR count). The van der Waals surface area contributed by atoms with E-state index < -0.39 is 86.6 Å². The van der Waals surface area contributed by atoms with Crippen molar-refractivity contribution >= 4 is 50.5 Å². The lowest BCUT2D eigenvalue weighted by molar-refractivity contribution is -0.142. The zero-order valence-electron chi connectivity index (χ0n) is 29.2. The number of sulfonamides is 1. The maximum Gasteiger partial charge on any atom is 0.325 e. The predicted octanol–water partition coefficient (Wildman–Crippen LogP) is 1.15. The zero-order valence-corrected chi connectivity index (χ0v) is 30.0. The SMILES string of the molecule is C=CC1CC1(NC(=O)C1CC(Oc2nccc3cc(OC)ccc23)CN1C(=O)C(NC(=O)NCC(=O)OC)C(C)(C)C)C(=O)NS(=O)(=O)C1CC1. The molecule has 0 radical (unpaired) electrons. The summed E-state index contributed by atoms with van der Waals surface area (Å²) in [4.78, 5) is 72.1. The number of aromatic nitrogens is 1. The van der Waals surface area contributed by atoms with Gasteiger partial charge in [-0.15, -0.1) is 6.58 Å². The molecule has 1 saturated heterocycles. The van der Waals surface area contributed by atoms with E-state index in [1.54, 1.807) is 52.3 Å². The molecule has 1 aromatic heterocycles. The maximum absolute atomic E-state index is 14.4. The summed E-state index contributed by atoms with van der Waals surface area (Å²) < 4.78 is 43.6. The molecule has 2 heterocycles. The number of ether oxygens (including phenoxy) is 3. The van der Waals surface area contributed by atoms with Crippen LogP contribution in [0.5, 0.6) is 11.6 Å². The van der Waals surface area contributed by atoms with Gasteiger partial charge in [-0.1, -0.05) is 26.8 Å². The second-order valence-corrected chi connectivity index (χ2v) is 16.0. The van der Waals surface area contributed by atoms with Crippen molar-refractivity contribution in [1.29, 1.82) is 0 Å². The van der Waals surface area contributed by atoms with Crippen molar-refractivity contribution in [3.8, 4) is 11.6 Å². The average molecular weight is 729 g/mol. The van der Waals surface area contributed by atoms with Crippen LogP contribution >= 0.6 is 0 Å². The van der Waals surface area contributed by atoms with E-state index in [9.17, 15) is 32.4 Å². The van der Waals surface area contributed by atoms with Gasteiger partial charge in [0.15, 0.2) is 0 Å². The normalized spacial score (nSPS) is 23.4. The molecule has 17 heteroatoms. The van der Waals surface area contributed by atoms with E-state index in [0.717, 1.165) is 5.39 Å². The van der Waals surface area contributed by atoms with Crippen LogP contribution in [0.25, 0.3) is 10.8 Å². The molecule has 1 aromatic carbocycles. The Kier molecular flexibility index (Phi) is 10.5. The van der Waals surface area contributed by atoms with Gasteiger partial charge in [0.2, 0.25) is 27.7 Å². The van der Waals surface area contributed by atoms with Crippen LogP contribution in [0.3, 0.4) is 0 Å². The van der Waals surface area contributed by atoms with Crippen LogP contribution in [0, 0.1) is 11.3 Å². The van der Waals surface area contributed by atoms with Gasteiger partial charge < -0.3 is 35.1 Å². The molecule has 2 aromatic rings. The molecule has 1 aliphatic heterocycles. The highest BCUT2D eigenvalue weighted by molar-refractivity contribution is 7.91. The van der Waals surface area contributed by atoms with Gasteiger partial charge in [0, 0.05) is 23.9 Å². The lowest BCUT2D eigenvalue weighted by Gasteiger charge is -2.35. The standard InChI is InChI=1S/C34H44N6O10S/c1-7-20-16-34(20,31(44)39-51(46,47)23-9-10-23)38-28(42)25-15-22(50-29-24-11-8-21(48-5)14-19(24)12-13-35-29)18-40(25)30(43)27(33(2,3)4)37-32(45)36-17-26(41)49-6/h7-8,11-14,20,22-23,25,27H,1,9-10,15-18H2,2-6H3,(H,38,42)(H,39,44)(H2,36,37,45). The largest absolute Gasteiger partial charge is 0.497 e. The first-order valence-electron chi connectivity index (χ1n) is 16.5. The number of methoxy groups -OCH3 is 2. The van der Waals surface area contributed by atoms with Crippen molar-refractivity contribution in [2.24, 2.45) is 11.3 Å². The number of pyridine rings is 1. The van der Waals surface area contributed by atoms with Gasteiger partial charge in [-0.2, -0.15) is 0 Å². The summed E-state index contributed by atoms with van der Waals surface area (Å²) in [6.07, 6.45) is 3.26. The second kappa shape index (κ2) is 14.4. The highest BCUT2D eigenvalue weighted by Crippen LogP contribution is 2.45. The Hall–Kier alpha value is -4.93. The van der Waals surface area contributed by atoms with Crippen molar-refractivity contribution < 1.29 is 46.6 Å². The van der Waals surface area contributed by atoms with E-state index in [1.807, 2.05) is 6.07 Å². The molecule has 5 unspecified atom stereocenters. The van der Waals surface area contributed by atoms with Crippen LogP contribution in [-0.2, 0) is 33.9 Å². The number of likely N-dealkylation sites (tertiary alicyclic amines) is 1. The molecule has 5 amide bonds. The molecular formula is C34H44N6O10S. The number of benzene rings is 1. The van der Waals surface area contributed by atoms with E-state index in [4.69, 9.17) is 9.47 Å². The van der Waals surface area contributed by atoms with E-state index in [0.29, 0.717) is 24.0 Å². The summed E-state index contributed by atoms with van der Waals surface area (Å²) in [5, 5.41) is 8.51. The summed E-state index contributed by atoms with van der Waals surface area (Å²) in [5.74, 6) is -2.56. The Balaban J connectivity index is 1.43. The van der Waals surface area contributed by atoms with Gasteiger partial charge in [0.05, 0.1) is 26.0 Å². The number of carbonyl (C=O) groups is 5. The van der Waals surface area contributed by atoms with Gasteiger partial charge in [-0.25, -0.2) is 18.2 Å². The Labute approximate surface area is 296 Å². The number of fused-ring (bicyclic) bond motifs is 1. The van der Waals surface area contributed by atoms with Gasteiger partial charge in [-0.3, -0.25) is 23.9 Å². The summed E-state index contributed by atoms with van der Waals surface area (Å²) in [7, 11) is -1.19. The van der Waals surface area contributed by atoms with Gasteiger partial charge in [0.25, 0.3) is 5.91 Å². The summed E-state index contributed by atoms with van der Waals surface area (Å²) in [5.41, 5.74) is -2.46. The number of carbonyl (C=O) groups excluding carboxylic acids is 5. The second-order valence-electron chi connectivity index (χ2n) is 14.1. The number of hydrogen-bond acceptors (Lipinski definition) is 11. The lowest BCUT2D eigenvalue weighted by atomic mass is 9.85. The first-order chi connectivity index (χ1) is 24.0. The molecule has 2 saturated carbocycles. The Morgan fingerprint density at radius 3 is 2.47 bits per heavy atom. The van der Waals surface area contributed by atoms with Gasteiger partial charge >= 0.3 is 12.0 Å².